The molecule has 0 bridgehead atoms. The summed E-state index contributed by atoms with van der Waals surface area (Å²) in [6.45, 7) is 2.84. The molecule has 0 saturated carbocycles. The number of guanidine groups is 1. The predicted molar refractivity (Wildman–Crippen MR) is 94.6 cm³/mol. The Morgan fingerprint density at radius 1 is 1.33 bits per heavy atom. The van der Waals surface area contributed by atoms with E-state index < -0.39 is 0 Å². The first kappa shape index (κ1) is 16.0. The van der Waals surface area contributed by atoms with Gasteiger partial charge < -0.3 is 15.5 Å². The molecule has 1 aliphatic rings. The number of rotatable bonds is 6. The Hall–Kier alpha value is -1.36. The van der Waals surface area contributed by atoms with Gasteiger partial charge in [0, 0.05) is 44.7 Å². The van der Waals surface area contributed by atoms with E-state index in [1.807, 2.05) is 13.1 Å². The fourth-order valence-electron chi connectivity index (χ4n) is 2.39. The summed E-state index contributed by atoms with van der Waals surface area (Å²) < 4.78 is 0. The summed E-state index contributed by atoms with van der Waals surface area (Å²) in [5.41, 5.74) is 1.24. The van der Waals surface area contributed by atoms with Crippen molar-refractivity contribution in [1.29, 1.82) is 0 Å². The van der Waals surface area contributed by atoms with Crippen molar-refractivity contribution in [2.75, 3.05) is 44.4 Å². The van der Waals surface area contributed by atoms with Crippen LogP contribution in [-0.4, -0.2) is 50.7 Å². The second-order valence-electron chi connectivity index (χ2n) is 5.27. The van der Waals surface area contributed by atoms with Crippen LogP contribution in [0.15, 0.2) is 35.3 Å². The number of benzene rings is 1. The second kappa shape index (κ2) is 8.82. The summed E-state index contributed by atoms with van der Waals surface area (Å²) in [7, 11) is 3.94. The highest BCUT2D eigenvalue weighted by Gasteiger charge is 2.15. The van der Waals surface area contributed by atoms with Crippen molar-refractivity contribution < 1.29 is 0 Å². The Bertz CT molecular complexity index is 429. The Morgan fingerprint density at radius 3 is 2.81 bits per heavy atom. The van der Waals surface area contributed by atoms with Gasteiger partial charge in [0.2, 0.25) is 0 Å². The van der Waals surface area contributed by atoms with Crippen LogP contribution in [-0.2, 0) is 0 Å². The van der Waals surface area contributed by atoms with Gasteiger partial charge in [0.15, 0.2) is 5.96 Å². The smallest absolute Gasteiger partial charge is 0.191 e. The Kier molecular flexibility index (Phi) is 6.73. The molecule has 2 rings (SSSR count). The number of thioether (sulfide) groups is 1. The molecule has 21 heavy (non-hydrogen) atoms. The quantitative estimate of drug-likeness (QED) is 0.624. The molecule has 1 heterocycles. The molecule has 1 atom stereocenters. The van der Waals surface area contributed by atoms with E-state index in [4.69, 9.17) is 0 Å². The third-order valence-electron chi connectivity index (χ3n) is 3.68. The zero-order chi connectivity index (χ0) is 14.9. The Morgan fingerprint density at radius 2 is 2.14 bits per heavy atom. The molecule has 0 spiro atoms. The zero-order valence-corrected chi connectivity index (χ0v) is 13.8. The minimum Gasteiger partial charge on any atom is -0.373 e. The van der Waals surface area contributed by atoms with Gasteiger partial charge in [-0.15, -0.1) is 0 Å². The number of hydrogen-bond acceptors (Lipinski definition) is 3. The lowest BCUT2D eigenvalue weighted by molar-refractivity contribution is 0.722. The molecule has 2 N–H and O–H groups in total. The second-order valence-corrected chi connectivity index (χ2v) is 6.68. The van der Waals surface area contributed by atoms with E-state index >= 15 is 0 Å². The van der Waals surface area contributed by atoms with Gasteiger partial charge in [-0.05, 0) is 30.7 Å². The van der Waals surface area contributed by atoms with Crippen molar-refractivity contribution in [3.8, 4) is 0 Å². The number of hydrogen-bond donors (Lipinski definition) is 2. The lowest BCUT2D eigenvalue weighted by Gasteiger charge is -2.20. The van der Waals surface area contributed by atoms with Crippen molar-refractivity contribution in [2.45, 2.75) is 18.1 Å². The molecule has 4 nitrogen and oxygen atoms in total. The predicted octanol–water partition coefficient (Wildman–Crippen LogP) is 2.18. The van der Waals surface area contributed by atoms with Gasteiger partial charge in [0.05, 0.1) is 0 Å². The largest absolute Gasteiger partial charge is 0.373 e. The number of aliphatic imine (C=N–C) groups is 1. The van der Waals surface area contributed by atoms with Crippen LogP contribution in [0.25, 0.3) is 0 Å². The monoisotopic (exact) mass is 306 g/mol. The summed E-state index contributed by atoms with van der Waals surface area (Å²) in [5.74, 6) is 2.21. The summed E-state index contributed by atoms with van der Waals surface area (Å²) in [5, 5.41) is 7.55. The third kappa shape index (κ3) is 5.50. The van der Waals surface area contributed by atoms with Gasteiger partial charge in [-0.25, -0.2) is 0 Å². The van der Waals surface area contributed by atoms with Gasteiger partial charge in [0.1, 0.15) is 0 Å². The van der Waals surface area contributed by atoms with Crippen LogP contribution >= 0.6 is 11.8 Å². The first-order valence-corrected chi connectivity index (χ1v) is 8.67. The van der Waals surface area contributed by atoms with Crippen LogP contribution in [0.2, 0.25) is 0 Å². The Labute approximate surface area is 132 Å². The number of likely N-dealkylation sites (N-methyl/N-ethyl adjacent to an activating group) is 1. The van der Waals surface area contributed by atoms with Crippen molar-refractivity contribution in [1.82, 2.24) is 10.6 Å². The summed E-state index contributed by atoms with van der Waals surface area (Å²) in [6.07, 6.45) is 2.68. The van der Waals surface area contributed by atoms with Crippen LogP contribution in [0.3, 0.4) is 0 Å². The van der Waals surface area contributed by atoms with E-state index in [0.29, 0.717) is 0 Å². The molecule has 1 unspecified atom stereocenters. The average molecular weight is 306 g/mol. The number of nitrogens with one attached hydrogen (secondary N) is 2. The molecular formula is C16H26N4S. The summed E-state index contributed by atoms with van der Waals surface area (Å²) >= 11 is 2.07. The fraction of sp³-hybridized carbons (Fsp3) is 0.562. The number of nitrogens with zero attached hydrogens (tertiary/aromatic N) is 2. The SMILES string of the molecule is CN=C(NCCN(C)c1ccccc1)NCC1CCCS1. The van der Waals surface area contributed by atoms with E-state index in [0.717, 1.165) is 30.8 Å². The molecule has 116 valence electrons. The van der Waals surface area contributed by atoms with E-state index in [1.165, 1.54) is 24.3 Å². The zero-order valence-electron chi connectivity index (χ0n) is 13.0. The van der Waals surface area contributed by atoms with E-state index in [2.05, 4.69) is 63.6 Å². The van der Waals surface area contributed by atoms with Crippen LogP contribution in [0.4, 0.5) is 5.69 Å². The molecule has 5 heteroatoms. The Balaban J connectivity index is 1.66. The van der Waals surface area contributed by atoms with Gasteiger partial charge in [-0.1, -0.05) is 18.2 Å². The average Bonchev–Trinajstić information content (AvgIpc) is 3.04. The standard InChI is InChI=1S/C16H26N4S/c1-17-16(19-13-15-9-6-12-21-15)18-10-11-20(2)14-7-4-3-5-8-14/h3-5,7-8,15H,6,9-13H2,1-2H3,(H2,17,18,19). The third-order valence-corrected chi connectivity index (χ3v) is 5.08. The molecule has 1 aromatic carbocycles. The van der Waals surface area contributed by atoms with Crippen LogP contribution in [0.5, 0.6) is 0 Å². The normalized spacial score (nSPS) is 18.6. The maximum Gasteiger partial charge on any atom is 0.191 e. The molecule has 0 aromatic heterocycles. The lowest BCUT2D eigenvalue weighted by atomic mass is 10.2. The first-order valence-electron chi connectivity index (χ1n) is 7.62. The molecule has 1 aromatic rings. The minimum atomic E-state index is 0.746. The molecule has 1 aliphatic heterocycles. The molecule has 1 fully saturated rings. The van der Waals surface area contributed by atoms with Gasteiger partial charge in [0.25, 0.3) is 0 Å². The first-order chi connectivity index (χ1) is 10.3. The van der Waals surface area contributed by atoms with Crippen LogP contribution in [0.1, 0.15) is 12.8 Å². The van der Waals surface area contributed by atoms with Crippen molar-refractivity contribution in [3.63, 3.8) is 0 Å². The molecule has 0 aliphatic carbocycles. The van der Waals surface area contributed by atoms with E-state index in [1.54, 1.807) is 0 Å². The van der Waals surface area contributed by atoms with Gasteiger partial charge in [-0.2, -0.15) is 11.8 Å². The maximum atomic E-state index is 4.29. The number of anilines is 1. The number of para-hydroxylation sites is 1. The topological polar surface area (TPSA) is 39.7 Å². The highest BCUT2D eigenvalue weighted by molar-refractivity contribution is 8.00. The highest BCUT2D eigenvalue weighted by Crippen LogP contribution is 2.25. The van der Waals surface area contributed by atoms with Crippen molar-refractivity contribution >= 4 is 23.4 Å². The lowest BCUT2D eigenvalue weighted by Crippen LogP contribution is -2.42. The van der Waals surface area contributed by atoms with Crippen LogP contribution < -0.4 is 15.5 Å². The van der Waals surface area contributed by atoms with Crippen molar-refractivity contribution in [2.24, 2.45) is 4.99 Å². The van der Waals surface area contributed by atoms with Gasteiger partial charge in [-0.3, -0.25) is 4.99 Å². The fourth-order valence-corrected chi connectivity index (χ4v) is 3.59. The molecular weight excluding hydrogens is 280 g/mol. The van der Waals surface area contributed by atoms with Crippen molar-refractivity contribution in [3.05, 3.63) is 30.3 Å². The molecule has 0 radical (unpaired) electrons. The molecule has 1 saturated heterocycles. The molecule has 0 amide bonds. The highest BCUT2D eigenvalue weighted by atomic mass is 32.2. The van der Waals surface area contributed by atoms with E-state index in [-0.39, 0.29) is 0 Å². The van der Waals surface area contributed by atoms with E-state index in [9.17, 15) is 0 Å². The van der Waals surface area contributed by atoms with Crippen LogP contribution in [0, 0.1) is 0 Å². The van der Waals surface area contributed by atoms with Gasteiger partial charge >= 0.3 is 0 Å². The maximum absolute atomic E-state index is 4.29. The summed E-state index contributed by atoms with van der Waals surface area (Å²) in [4.78, 5) is 6.53. The summed E-state index contributed by atoms with van der Waals surface area (Å²) in [6, 6.07) is 10.4. The minimum absolute atomic E-state index is 0.746.